The van der Waals surface area contributed by atoms with Crippen molar-refractivity contribution in [1.82, 2.24) is 0 Å². The molecule has 20 heteroatoms. The van der Waals surface area contributed by atoms with Crippen molar-refractivity contribution >= 4 is 11.9 Å². The molecule has 2 saturated carbocycles. The van der Waals surface area contributed by atoms with Crippen molar-refractivity contribution in [2.24, 2.45) is 5.41 Å². The molecule has 0 aromatic rings. The number of esters is 2. The highest BCUT2D eigenvalue weighted by Gasteiger charge is 2.98. The molecule has 20 nitrogen and oxygen atoms in total. The molecule has 0 aromatic carbocycles. The van der Waals surface area contributed by atoms with E-state index in [1.165, 1.54) is 0 Å². The van der Waals surface area contributed by atoms with Crippen molar-refractivity contribution in [3.63, 3.8) is 0 Å². The highest BCUT2D eigenvalue weighted by atomic mass is 16.9. The van der Waals surface area contributed by atoms with Gasteiger partial charge in [-0.3, -0.25) is 0 Å². The second-order valence-corrected chi connectivity index (χ2v) is 24.8. The molecule has 4 atom stereocenters. The first kappa shape index (κ1) is 84.9. The Morgan fingerprint density at radius 2 is 0.440 bits per heavy atom. The molecule has 4 unspecified atom stereocenters. The van der Waals surface area contributed by atoms with Crippen LogP contribution >= 0.6 is 0 Å². The second kappa shape index (κ2) is 40.5. The van der Waals surface area contributed by atoms with Crippen LogP contribution in [0.1, 0.15) is 254 Å². The molecule has 0 aliphatic heterocycles. The minimum absolute atomic E-state index is 0.00960. The van der Waals surface area contributed by atoms with E-state index in [4.69, 9.17) is 85.3 Å². The van der Waals surface area contributed by atoms with E-state index in [1.807, 2.05) is 125 Å². The summed E-state index contributed by atoms with van der Waals surface area (Å²) in [5, 5.41) is 0. The van der Waals surface area contributed by atoms with E-state index in [-0.39, 0.29) is 117 Å². The summed E-state index contributed by atoms with van der Waals surface area (Å²) in [5.41, 5.74) is -6.31. The molecule has 0 aromatic heterocycles. The third-order valence-corrected chi connectivity index (χ3v) is 16.3. The molecule has 0 saturated heterocycles. The Kier molecular flexibility index (Phi) is 37.8. The van der Waals surface area contributed by atoms with Gasteiger partial charge in [-0.05, 0) is 117 Å². The largest absolute Gasteiger partial charge is 0.418 e. The Morgan fingerprint density at radius 1 is 0.275 bits per heavy atom. The van der Waals surface area contributed by atoms with Crippen LogP contribution in [0.15, 0.2) is 24.3 Å². The molecule has 0 spiro atoms. The molecule has 0 amide bonds. The Balaban J connectivity index is 4.51. The van der Waals surface area contributed by atoms with Gasteiger partial charge in [-0.2, -0.15) is 0 Å². The Morgan fingerprint density at radius 3 is 0.626 bits per heavy atom. The molecule has 2 aliphatic carbocycles. The third-order valence-electron chi connectivity index (χ3n) is 16.3. The van der Waals surface area contributed by atoms with Gasteiger partial charge in [-0.25, -0.2) is 9.59 Å². The first-order valence-electron chi connectivity index (χ1n) is 35.5. The van der Waals surface area contributed by atoms with Gasteiger partial charge >= 0.3 is 35.1 Å². The van der Waals surface area contributed by atoms with Gasteiger partial charge in [-0.15, -0.1) is 0 Å². The lowest BCUT2D eigenvalue weighted by atomic mass is 9.47. The summed E-state index contributed by atoms with van der Waals surface area (Å²) in [4.78, 5) is 30.7. The monoisotopic (exact) mass is 1300 g/mol. The van der Waals surface area contributed by atoms with Gasteiger partial charge in [0.25, 0.3) is 11.6 Å². The maximum Gasteiger partial charge on any atom is 0.336 e. The Bertz CT molecular complexity index is 1880. The van der Waals surface area contributed by atoms with Gasteiger partial charge in [0.15, 0.2) is 0 Å². The van der Waals surface area contributed by atoms with E-state index < -0.39 is 87.7 Å². The number of carbonyl (C=O) groups excluding carboxylic acids is 2. The molecule has 536 valence electrons. The normalized spacial score (nSPS) is 23.9. The number of ether oxygens (including phenoxy) is 18. The topological polar surface area (TPSA) is 200 Å². The van der Waals surface area contributed by atoms with E-state index in [2.05, 4.69) is 13.2 Å². The number of hydrogen-bond acceptors (Lipinski definition) is 20. The zero-order valence-corrected chi connectivity index (χ0v) is 61.1. The van der Waals surface area contributed by atoms with Gasteiger partial charge < -0.3 is 85.3 Å². The van der Waals surface area contributed by atoms with E-state index in [9.17, 15) is 0 Å². The van der Waals surface area contributed by atoms with Crippen LogP contribution in [-0.4, -0.2) is 175 Å². The summed E-state index contributed by atoms with van der Waals surface area (Å²) >= 11 is 0. The number of carbonyl (C=O) groups is 2. The smallest absolute Gasteiger partial charge is 0.336 e. The fourth-order valence-electron chi connectivity index (χ4n) is 12.5. The highest BCUT2D eigenvalue weighted by Crippen LogP contribution is 2.75. The summed E-state index contributed by atoms with van der Waals surface area (Å²) in [6.07, 6.45) is 5.88. The molecule has 0 bridgehead atoms. The maximum atomic E-state index is 15.4. The van der Waals surface area contributed by atoms with Gasteiger partial charge in [0, 0.05) is 42.6 Å². The third kappa shape index (κ3) is 16.5. The molecule has 2 aliphatic rings. The van der Waals surface area contributed by atoms with Gasteiger partial charge in [0.2, 0.25) is 11.6 Å². The van der Waals surface area contributed by atoms with Gasteiger partial charge in [-0.1, -0.05) is 138 Å². The lowest BCUT2D eigenvalue weighted by Crippen LogP contribution is -2.97. The summed E-state index contributed by atoms with van der Waals surface area (Å²) in [6.45, 7) is 46.8. The molecule has 2 fully saturated rings. The van der Waals surface area contributed by atoms with Crippen molar-refractivity contribution in [2.45, 2.75) is 312 Å². The molecular formula is C71H132O20. The highest BCUT2D eigenvalue weighted by molar-refractivity contribution is 5.88. The Labute approximate surface area is 551 Å². The van der Waals surface area contributed by atoms with Crippen LogP contribution in [0.25, 0.3) is 0 Å². The van der Waals surface area contributed by atoms with Gasteiger partial charge in [0.05, 0.1) is 92.5 Å². The fraction of sp³-hybridized carbons (Fsp3) is 0.915. The predicted molar refractivity (Wildman–Crippen MR) is 352 cm³/mol. The molecule has 0 heterocycles. The lowest BCUT2D eigenvalue weighted by molar-refractivity contribution is -0.612. The minimum Gasteiger partial charge on any atom is -0.418 e. The van der Waals surface area contributed by atoms with E-state index >= 15 is 9.59 Å². The second-order valence-electron chi connectivity index (χ2n) is 24.8. The van der Waals surface area contributed by atoms with E-state index in [1.54, 1.807) is 13.8 Å². The number of hydrogen-bond donors (Lipinski definition) is 0. The SMILES string of the molecule is C=C(C)C(=O)OC1(OCCC)C(OCCC)(OCCC)CC(OCCC)(C(C)(C)C2(OCCC)CC(OCCC)(OCCC)C(OCCC)(OC(=O)C(=C)C)C(OCCC)(OCCC)C2(OCCC)OCCC)C(OCCC)(OCCC)C1(OCCC)OCCC. The van der Waals surface area contributed by atoms with Crippen molar-refractivity contribution in [3.8, 4) is 0 Å². The zero-order valence-electron chi connectivity index (χ0n) is 61.1. The van der Waals surface area contributed by atoms with Crippen molar-refractivity contribution < 1.29 is 94.9 Å². The van der Waals surface area contributed by atoms with E-state index in [0.717, 1.165) is 0 Å². The van der Waals surface area contributed by atoms with Gasteiger partial charge in [0.1, 0.15) is 11.2 Å². The Hall–Kier alpha value is -2.22. The lowest BCUT2D eigenvalue weighted by Gasteiger charge is -2.76. The molecule has 91 heavy (non-hydrogen) atoms. The van der Waals surface area contributed by atoms with Crippen LogP contribution in [-0.2, 0) is 94.9 Å². The molecule has 0 N–H and O–H groups in total. The van der Waals surface area contributed by atoms with Crippen LogP contribution < -0.4 is 0 Å². The fourth-order valence-corrected chi connectivity index (χ4v) is 12.5. The van der Waals surface area contributed by atoms with Crippen molar-refractivity contribution in [1.29, 1.82) is 0 Å². The van der Waals surface area contributed by atoms with Crippen LogP contribution in [0.2, 0.25) is 0 Å². The van der Waals surface area contributed by atoms with Crippen molar-refractivity contribution in [3.05, 3.63) is 24.3 Å². The molecule has 2 rings (SSSR count). The maximum absolute atomic E-state index is 15.4. The van der Waals surface area contributed by atoms with Crippen LogP contribution in [0.4, 0.5) is 0 Å². The molecular weight excluding hydrogens is 1170 g/mol. The van der Waals surface area contributed by atoms with Crippen LogP contribution in [0.3, 0.4) is 0 Å². The van der Waals surface area contributed by atoms with E-state index in [0.29, 0.717) is 103 Å². The zero-order chi connectivity index (χ0) is 68.6. The summed E-state index contributed by atoms with van der Waals surface area (Å²) in [5.74, 6) is -21.9. The summed E-state index contributed by atoms with van der Waals surface area (Å²) in [7, 11) is 0. The molecule has 0 radical (unpaired) electrons. The predicted octanol–water partition coefficient (Wildman–Crippen LogP) is 14.9. The minimum atomic E-state index is -2.63. The van der Waals surface area contributed by atoms with Crippen LogP contribution in [0, 0.1) is 5.41 Å². The van der Waals surface area contributed by atoms with Crippen LogP contribution in [0.5, 0.6) is 0 Å². The number of rotatable bonds is 54. The summed E-state index contributed by atoms with van der Waals surface area (Å²) < 4.78 is 139. The first-order chi connectivity index (χ1) is 43.5. The summed E-state index contributed by atoms with van der Waals surface area (Å²) in [6, 6.07) is 0. The van der Waals surface area contributed by atoms with Crippen molar-refractivity contribution in [2.75, 3.05) is 106 Å². The average molecular weight is 1310 g/mol. The quantitative estimate of drug-likeness (QED) is 0.0316. The first-order valence-corrected chi connectivity index (χ1v) is 35.5. The standard InChI is InChI=1S/C71H132O20/c1-23-39-74-62(55-64(76-41-25-3,77-42-26-4)68(84-49-33-11,90-59(72)57(17)18)70(86-51-35-13,87-52-36-14)66(62,80-45-29-7)81-46-30-8)61(21,22)63(75-40-24-2)56-65(78-43-27-5,79-44-28-6)69(85-50-34-12,91-60(73)58(19)20)71(88-53-37-15,89-54-38-16)67(63,82-47-31-9)83-48-32-10/h17,19,23-56H2,1-16,18,20-22H3. The average Bonchev–Trinajstić information content (AvgIpc) is 0.642.